The number of rotatable bonds is 4. The molecule has 0 spiro atoms. The third-order valence-electron chi connectivity index (χ3n) is 2.79. The summed E-state index contributed by atoms with van der Waals surface area (Å²) in [5.41, 5.74) is 8.23. The molecule has 0 aliphatic rings. The number of nitrogen functional groups attached to an aromatic ring is 1. The third-order valence-corrected chi connectivity index (χ3v) is 3.98. The van der Waals surface area contributed by atoms with Crippen LogP contribution in [0.1, 0.15) is 22.8 Å². The Bertz CT molecular complexity index is 608. The van der Waals surface area contributed by atoms with Gasteiger partial charge in [-0.3, -0.25) is 0 Å². The summed E-state index contributed by atoms with van der Waals surface area (Å²) in [7, 11) is 0. The largest absolute Gasteiger partial charge is 0.462 e. The molecular weight excluding hydrogens is 270 g/mol. The standard InChI is InChI=1S/C16H17NO2S/c1-3-19-16(18)12-4-7-14(8-5-12)20-15-9-6-13(17)10-11(15)2/h4-10H,3,17H2,1-2H3. The summed E-state index contributed by atoms with van der Waals surface area (Å²) in [6.45, 7) is 4.22. The van der Waals surface area contributed by atoms with Gasteiger partial charge in [0.25, 0.3) is 0 Å². The Hall–Kier alpha value is -1.94. The first-order valence-electron chi connectivity index (χ1n) is 6.41. The van der Waals surface area contributed by atoms with Crippen LogP contribution in [0.3, 0.4) is 0 Å². The van der Waals surface area contributed by atoms with Crippen LogP contribution in [-0.2, 0) is 4.74 Å². The third kappa shape index (κ3) is 3.54. The molecule has 0 aliphatic carbocycles. The maximum absolute atomic E-state index is 11.6. The molecule has 0 amide bonds. The monoisotopic (exact) mass is 287 g/mol. The normalized spacial score (nSPS) is 10.3. The number of hydrogen-bond donors (Lipinski definition) is 1. The molecule has 2 N–H and O–H groups in total. The van der Waals surface area contributed by atoms with Crippen molar-refractivity contribution in [1.82, 2.24) is 0 Å². The second-order valence-corrected chi connectivity index (χ2v) is 5.49. The molecule has 0 atom stereocenters. The van der Waals surface area contributed by atoms with Crippen molar-refractivity contribution in [3.63, 3.8) is 0 Å². The highest BCUT2D eigenvalue weighted by Crippen LogP contribution is 2.31. The quantitative estimate of drug-likeness (QED) is 0.684. The fraction of sp³-hybridized carbons (Fsp3) is 0.188. The summed E-state index contributed by atoms with van der Waals surface area (Å²) < 4.78 is 4.96. The van der Waals surface area contributed by atoms with Gasteiger partial charge < -0.3 is 10.5 Å². The van der Waals surface area contributed by atoms with E-state index in [2.05, 4.69) is 0 Å². The Kier molecular flexibility index (Phi) is 4.69. The van der Waals surface area contributed by atoms with E-state index >= 15 is 0 Å². The van der Waals surface area contributed by atoms with Crippen molar-refractivity contribution in [1.29, 1.82) is 0 Å². The molecule has 0 aliphatic heterocycles. The average molecular weight is 287 g/mol. The number of carbonyl (C=O) groups excluding carboxylic acids is 1. The van der Waals surface area contributed by atoms with Gasteiger partial charge in [-0.2, -0.15) is 0 Å². The smallest absolute Gasteiger partial charge is 0.338 e. The molecule has 4 heteroatoms. The molecule has 2 aromatic carbocycles. The molecule has 0 bridgehead atoms. The van der Waals surface area contributed by atoms with Crippen molar-refractivity contribution in [2.24, 2.45) is 0 Å². The van der Waals surface area contributed by atoms with E-state index in [0.717, 1.165) is 21.0 Å². The predicted molar refractivity (Wildman–Crippen MR) is 82.1 cm³/mol. The molecule has 0 saturated carbocycles. The molecule has 3 nitrogen and oxygen atoms in total. The Morgan fingerprint density at radius 1 is 1.20 bits per heavy atom. The molecule has 0 heterocycles. The zero-order valence-corrected chi connectivity index (χ0v) is 12.4. The minimum absolute atomic E-state index is 0.285. The van der Waals surface area contributed by atoms with Crippen molar-refractivity contribution in [2.75, 3.05) is 12.3 Å². The molecule has 0 saturated heterocycles. The minimum Gasteiger partial charge on any atom is -0.462 e. The number of benzene rings is 2. The number of carbonyl (C=O) groups is 1. The van der Waals surface area contributed by atoms with Crippen LogP contribution in [0, 0.1) is 6.92 Å². The van der Waals surface area contributed by atoms with E-state index in [0.29, 0.717) is 12.2 Å². The van der Waals surface area contributed by atoms with E-state index in [1.165, 1.54) is 0 Å². The summed E-state index contributed by atoms with van der Waals surface area (Å²) in [6, 6.07) is 13.3. The first-order valence-corrected chi connectivity index (χ1v) is 7.23. The van der Waals surface area contributed by atoms with Gasteiger partial charge >= 0.3 is 5.97 Å². The summed E-state index contributed by atoms with van der Waals surface area (Å²) in [6.07, 6.45) is 0. The first kappa shape index (κ1) is 14.5. The van der Waals surface area contributed by atoms with Crippen LogP contribution in [0.15, 0.2) is 52.3 Å². The van der Waals surface area contributed by atoms with Crippen molar-refractivity contribution in [3.05, 3.63) is 53.6 Å². The van der Waals surface area contributed by atoms with Crippen LogP contribution in [0.2, 0.25) is 0 Å². The molecular formula is C16H17NO2S. The number of esters is 1. The van der Waals surface area contributed by atoms with E-state index < -0.39 is 0 Å². The molecule has 20 heavy (non-hydrogen) atoms. The zero-order valence-electron chi connectivity index (χ0n) is 11.6. The molecule has 104 valence electrons. The zero-order chi connectivity index (χ0) is 14.5. The van der Waals surface area contributed by atoms with Crippen LogP contribution < -0.4 is 5.73 Å². The lowest BCUT2D eigenvalue weighted by Crippen LogP contribution is -2.03. The summed E-state index contributed by atoms with van der Waals surface area (Å²) in [5.74, 6) is -0.285. The van der Waals surface area contributed by atoms with E-state index in [9.17, 15) is 4.79 Å². The molecule has 0 radical (unpaired) electrons. The van der Waals surface area contributed by atoms with Crippen LogP contribution >= 0.6 is 11.8 Å². The maximum Gasteiger partial charge on any atom is 0.338 e. The van der Waals surface area contributed by atoms with Crippen molar-refractivity contribution in [2.45, 2.75) is 23.6 Å². The van der Waals surface area contributed by atoms with Crippen LogP contribution in [0.5, 0.6) is 0 Å². The van der Waals surface area contributed by atoms with Crippen molar-refractivity contribution >= 4 is 23.4 Å². The molecule has 0 unspecified atom stereocenters. The van der Waals surface area contributed by atoms with Crippen LogP contribution in [0.25, 0.3) is 0 Å². The first-order chi connectivity index (χ1) is 9.60. The van der Waals surface area contributed by atoms with Crippen LogP contribution in [0.4, 0.5) is 5.69 Å². The highest BCUT2D eigenvalue weighted by atomic mass is 32.2. The molecule has 2 rings (SSSR count). The van der Waals surface area contributed by atoms with Gasteiger partial charge in [0.15, 0.2) is 0 Å². The number of aryl methyl sites for hydroxylation is 1. The average Bonchev–Trinajstić information content (AvgIpc) is 2.43. The molecule has 0 aromatic heterocycles. The minimum atomic E-state index is -0.285. The Labute approximate surface area is 123 Å². The Morgan fingerprint density at radius 3 is 2.50 bits per heavy atom. The van der Waals surface area contributed by atoms with Gasteiger partial charge in [-0.1, -0.05) is 11.8 Å². The predicted octanol–water partition coefficient (Wildman–Crippen LogP) is 3.91. The topological polar surface area (TPSA) is 52.3 Å². The summed E-state index contributed by atoms with van der Waals surface area (Å²) in [5, 5.41) is 0. The lowest BCUT2D eigenvalue weighted by Gasteiger charge is -2.07. The lowest BCUT2D eigenvalue weighted by atomic mass is 10.2. The highest BCUT2D eigenvalue weighted by Gasteiger charge is 2.07. The van der Waals surface area contributed by atoms with Gasteiger partial charge in [0.2, 0.25) is 0 Å². The van der Waals surface area contributed by atoms with Gasteiger partial charge in [0.1, 0.15) is 0 Å². The van der Waals surface area contributed by atoms with Crippen LogP contribution in [-0.4, -0.2) is 12.6 Å². The second kappa shape index (κ2) is 6.48. The van der Waals surface area contributed by atoms with Crippen molar-refractivity contribution in [3.8, 4) is 0 Å². The Morgan fingerprint density at radius 2 is 1.90 bits per heavy atom. The fourth-order valence-corrected chi connectivity index (χ4v) is 2.67. The highest BCUT2D eigenvalue weighted by molar-refractivity contribution is 7.99. The van der Waals surface area contributed by atoms with E-state index in [-0.39, 0.29) is 5.97 Å². The number of hydrogen-bond acceptors (Lipinski definition) is 4. The number of ether oxygens (including phenoxy) is 1. The molecule has 0 fully saturated rings. The summed E-state index contributed by atoms with van der Waals surface area (Å²) in [4.78, 5) is 13.8. The second-order valence-electron chi connectivity index (χ2n) is 4.37. The van der Waals surface area contributed by atoms with Gasteiger partial charge in [-0.25, -0.2) is 4.79 Å². The fourth-order valence-electron chi connectivity index (χ4n) is 1.79. The summed E-state index contributed by atoms with van der Waals surface area (Å²) >= 11 is 1.65. The SMILES string of the molecule is CCOC(=O)c1ccc(Sc2ccc(N)cc2C)cc1. The van der Waals surface area contributed by atoms with E-state index in [1.807, 2.05) is 37.3 Å². The van der Waals surface area contributed by atoms with Gasteiger partial charge in [-0.05, 0) is 61.9 Å². The molecule has 2 aromatic rings. The number of nitrogens with two attached hydrogens (primary N) is 1. The van der Waals surface area contributed by atoms with Crippen molar-refractivity contribution < 1.29 is 9.53 Å². The van der Waals surface area contributed by atoms with Gasteiger partial charge in [0.05, 0.1) is 12.2 Å². The number of anilines is 1. The maximum atomic E-state index is 11.6. The lowest BCUT2D eigenvalue weighted by molar-refractivity contribution is 0.0526. The van der Waals surface area contributed by atoms with Gasteiger partial charge in [-0.15, -0.1) is 0 Å². The van der Waals surface area contributed by atoms with Gasteiger partial charge in [0, 0.05) is 15.5 Å². The van der Waals surface area contributed by atoms with E-state index in [4.69, 9.17) is 10.5 Å². The Balaban J connectivity index is 2.12. The van der Waals surface area contributed by atoms with E-state index in [1.54, 1.807) is 30.8 Å².